The summed E-state index contributed by atoms with van der Waals surface area (Å²) in [7, 11) is 0. The van der Waals surface area contributed by atoms with Gasteiger partial charge in [0.25, 0.3) is 5.69 Å². The topological polar surface area (TPSA) is 64.4 Å². The number of nitro benzene ring substituents is 1. The molecule has 0 aromatic heterocycles. The molecule has 0 saturated carbocycles. The Hall–Kier alpha value is -1.67. The van der Waals surface area contributed by atoms with E-state index in [0.29, 0.717) is 25.9 Å². The molecule has 0 aliphatic carbocycles. The number of nitrogens with one attached hydrogen (secondary N) is 1. The van der Waals surface area contributed by atoms with Gasteiger partial charge in [-0.25, -0.2) is 0 Å². The summed E-state index contributed by atoms with van der Waals surface area (Å²) in [5.41, 5.74) is 1.01. The number of halogens is 3. The van der Waals surface area contributed by atoms with Crippen LogP contribution in [-0.4, -0.2) is 37.4 Å². The van der Waals surface area contributed by atoms with Gasteiger partial charge in [-0.3, -0.25) is 10.1 Å². The van der Waals surface area contributed by atoms with Crippen LogP contribution in [0.1, 0.15) is 12.0 Å². The monoisotopic (exact) mass is 306 g/mol. The highest BCUT2D eigenvalue weighted by atomic mass is 19.4. The first-order chi connectivity index (χ1) is 9.88. The van der Waals surface area contributed by atoms with Gasteiger partial charge in [-0.05, 0) is 31.5 Å². The lowest BCUT2D eigenvalue weighted by atomic mass is 10.1. The molecule has 0 unspecified atom stereocenters. The van der Waals surface area contributed by atoms with E-state index in [4.69, 9.17) is 0 Å². The van der Waals surface area contributed by atoms with Crippen LogP contribution in [0.5, 0.6) is 0 Å². The molecular formula is C13H17F3N2O3. The third-order valence-corrected chi connectivity index (χ3v) is 2.65. The van der Waals surface area contributed by atoms with E-state index in [0.717, 1.165) is 5.56 Å². The summed E-state index contributed by atoms with van der Waals surface area (Å²) in [6.07, 6.45) is -3.08. The maximum absolute atomic E-state index is 11.8. The van der Waals surface area contributed by atoms with Gasteiger partial charge in [0, 0.05) is 18.7 Å². The molecule has 1 rings (SSSR count). The molecule has 0 spiro atoms. The smallest absolute Gasteiger partial charge is 0.372 e. The van der Waals surface area contributed by atoms with Crippen molar-refractivity contribution < 1.29 is 22.8 Å². The Labute approximate surface area is 120 Å². The number of hydrogen-bond acceptors (Lipinski definition) is 4. The minimum absolute atomic E-state index is 0.0496. The summed E-state index contributed by atoms with van der Waals surface area (Å²) < 4.78 is 39.8. The number of hydrogen-bond donors (Lipinski definition) is 1. The van der Waals surface area contributed by atoms with Crippen molar-refractivity contribution in [2.75, 3.05) is 26.3 Å². The van der Waals surface area contributed by atoms with Gasteiger partial charge in [0.2, 0.25) is 0 Å². The Morgan fingerprint density at radius 1 is 1.19 bits per heavy atom. The van der Waals surface area contributed by atoms with Crippen molar-refractivity contribution in [3.05, 3.63) is 39.9 Å². The van der Waals surface area contributed by atoms with Gasteiger partial charge >= 0.3 is 6.18 Å². The summed E-state index contributed by atoms with van der Waals surface area (Å²) in [4.78, 5) is 10.0. The first-order valence-electron chi connectivity index (χ1n) is 6.47. The number of nitro groups is 1. The van der Waals surface area contributed by atoms with Gasteiger partial charge in [0.05, 0.1) is 4.92 Å². The van der Waals surface area contributed by atoms with E-state index in [1.54, 1.807) is 12.1 Å². The fourth-order valence-corrected chi connectivity index (χ4v) is 1.63. The number of rotatable bonds is 9. The average Bonchev–Trinajstić information content (AvgIpc) is 2.41. The maximum Gasteiger partial charge on any atom is 0.411 e. The van der Waals surface area contributed by atoms with Gasteiger partial charge in [-0.15, -0.1) is 0 Å². The van der Waals surface area contributed by atoms with Crippen molar-refractivity contribution in [1.29, 1.82) is 0 Å². The fourth-order valence-electron chi connectivity index (χ4n) is 1.63. The van der Waals surface area contributed by atoms with Gasteiger partial charge in [0.1, 0.15) is 6.61 Å². The zero-order valence-electron chi connectivity index (χ0n) is 11.4. The Morgan fingerprint density at radius 3 is 2.43 bits per heavy atom. The van der Waals surface area contributed by atoms with Crippen LogP contribution in [0.15, 0.2) is 24.3 Å². The van der Waals surface area contributed by atoms with Crippen molar-refractivity contribution in [3.8, 4) is 0 Å². The predicted molar refractivity (Wildman–Crippen MR) is 71.2 cm³/mol. The van der Waals surface area contributed by atoms with Gasteiger partial charge in [-0.2, -0.15) is 13.2 Å². The van der Waals surface area contributed by atoms with Crippen molar-refractivity contribution in [3.63, 3.8) is 0 Å². The summed E-state index contributed by atoms with van der Waals surface area (Å²) in [6, 6.07) is 6.26. The van der Waals surface area contributed by atoms with Crippen LogP contribution < -0.4 is 5.32 Å². The van der Waals surface area contributed by atoms with Crippen LogP contribution in [0.3, 0.4) is 0 Å². The largest absolute Gasteiger partial charge is 0.411 e. The number of alkyl halides is 3. The lowest BCUT2D eigenvalue weighted by Crippen LogP contribution is -2.22. The summed E-state index contributed by atoms with van der Waals surface area (Å²) in [5.74, 6) is 0. The second kappa shape index (κ2) is 8.58. The molecule has 0 bridgehead atoms. The maximum atomic E-state index is 11.8. The first-order valence-corrected chi connectivity index (χ1v) is 6.47. The Morgan fingerprint density at radius 2 is 1.86 bits per heavy atom. The highest BCUT2D eigenvalue weighted by molar-refractivity contribution is 5.32. The molecule has 0 saturated heterocycles. The van der Waals surface area contributed by atoms with Crippen LogP contribution in [0, 0.1) is 10.1 Å². The number of nitrogens with zero attached hydrogens (tertiary/aromatic N) is 1. The molecule has 0 fully saturated rings. The summed E-state index contributed by atoms with van der Waals surface area (Å²) >= 11 is 0. The molecular weight excluding hydrogens is 289 g/mol. The van der Waals surface area contributed by atoms with Crippen LogP contribution in [-0.2, 0) is 11.2 Å². The van der Waals surface area contributed by atoms with Crippen LogP contribution in [0.2, 0.25) is 0 Å². The standard InChI is InChI=1S/C13H17F3N2O3/c14-13(15,16)10-21-9-1-7-17-8-6-11-2-4-12(5-3-11)18(19)20/h2-5,17H,1,6-10H2. The molecule has 0 aliphatic rings. The lowest BCUT2D eigenvalue weighted by Gasteiger charge is -2.08. The van der Waals surface area contributed by atoms with E-state index < -0.39 is 17.7 Å². The second-order valence-corrected chi connectivity index (χ2v) is 4.44. The van der Waals surface area contributed by atoms with Crippen molar-refractivity contribution in [2.24, 2.45) is 0 Å². The molecule has 118 valence electrons. The van der Waals surface area contributed by atoms with Crippen molar-refractivity contribution in [1.82, 2.24) is 5.32 Å². The van der Waals surface area contributed by atoms with E-state index in [-0.39, 0.29) is 12.3 Å². The summed E-state index contributed by atoms with van der Waals surface area (Å²) in [5, 5.41) is 13.5. The molecule has 8 heteroatoms. The zero-order chi connectivity index (χ0) is 15.7. The molecule has 21 heavy (non-hydrogen) atoms. The van der Waals surface area contributed by atoms with Crippen LogP contribution >= 0.6 is 0 Å². The minimum atomic E-state index is -4.27. The quantitative estimate of drug-likeness (QED) is 0.433. The van der Waals surface area contributed by atoms with Gasteiger partial charge < -0.3 is 10.1 Å². The molecule has 0 radical (unpaired) electrons. The SMILES string of the molecule is O=[N+]([O-])c1ccc(CCNCCCOCC(F)(F)F)cc1. The lowest BCUT2D eigenvalue weighted by molar-refractivity contribution is -0.384. The molecule has 5 nitrogen and oxygen atoms in total. The van der Waals surface area contributed by atoms with Gasteiger partial charge in [-0.1, -0.05) is 12.1 Å². The molecule has 0 heterocycles. The van der Waals surface area contributed by atoms with E-state index in [2.05, 4.69) is 10.1 Å². The molecule has 0 aliphatic heterocycles. The van der Waals surface area contributed by atoms with Crippen molar-refractivity contribution in [2.45, 2.75) is 19.0 Å². The highest BCUT2D eigenvalue weighted by Crippen LogP contribution is 2.14. The van der Waals surface area contributed by atoms with E-state index in [1.165, 1.54) is 12.1 Å². The summed E-state index contributed by atoms with van der Waals surface area (Å²) in [6.45, 7) is 0.0573. The normalized spacial score (nSPS) is 11.6. The van der Waals surface area contributed by atoms with E-state index in [9.17, 15) is 23.3 Å². The van der Waals surface area contributed by atoms with Crippen LogP contribution in [0.25, 0.3) is 0 Å². The average molecular weight is 306 g/mol. The Balaban J connectivity index is 2.05. The molecule has 0 amide bonds. The van der Waals surface area contributed by atoms with E-state index >= 15 is 0 Å². The highest BCUT2D eigenvalue weighted by Gasteiger charge is 2.27. The van der Waals surface area contributed by atoms with Crippen LogP contribution in [0.4, 0.5) is 18.9 Å². The molecule has 1 aromatic rings. The molecule has 1 aromatic carbocycles. The third-order valence-electron chi connectivity index (χ3n) is 2.65. The fraction of sp³-hybridized carbons (Fsp3) is 0.538. The number of ether oxygens (including phenoxy) is 1. The van der Waals surface area contributed by atoms with E-state index in [1.807, 2.05) is 0 Å². The minimum Gasteiger partial charge on any atom is -0.372 e. The van der Waals surface area contributed by atoms with Gasteiger partial charge in [0.15, 0.2) is 0 Å². The third kappa shape index (κ3) is 8.26. The Kier molecular flexibility index (Phi) is 7.10. The molecule has 1 N–H and O–H groups in total. The zero-order valence-corrected chi connectivity index (χ0v) is 11.4. The first kappa shape index (κ1) is 17.4. The predicted octanol–water partition coefficient (Wildman–Crippen LogP) is 2.70. The number of benzene rings is 1. The molecule has 0 atom stereocenters. The Bertz CT molecular complexity index is 435. The number of non-ortho nitro benzene ring substituents is 1. The second-order valence-electron chi connectivity index (χ2n) is 4.44. The van der Waals surface area contributed by atoms with Crippen molar-refractivity contribution >= 4 is 5.69 Å².